The van der Waals surface area contributed by atoms with Gasteiger partial charge in [0, 0.05) is 14.7 Å². The zero-order valence-corrected chi connectivity index (χ0v) is 13.8. The molecule has 1 heterocycles. The van der Waals surface area contributed by atoms with Crippen LogP contribution in [0, 0.1) is 5.92 Å². The fourth-order valence-corrected chi connectivity index (χ4v) is 4.83. The van der Waals surface area contributed by atoms with Gasteiger partial charge in [0.1, 0.15) is 0 Å². The molecule has 2 nitrogen and oxygen atoms in total. The van der Waals surface area contributed by atoms with Gasteiger partial charge in [0.05, 0.1) is 11.7 Å². The Kier molecular flexibility index (Phi) is 4.01. The molecule has 0 saturated heterocycles. The van der Waals surface area contributed by atoms with Gasteiger partial charge in [-0.3, -0.25) is 4.99 Å². The summed E-state index contributed by atoms with van der Waals surface area (Å²) in [7, 11) is 0. The molecule has 0 amide bonds. The van der Waals surface area contributed by atoms with Crippen molar-refractivity contribution in [3.05, 3.63) is 27.1 Å². The summed E-state index contributed by atoms with van der Waals surface area (Å²) in [5.74, 6) is 2.03. The number of halogens is 2. The predicted octanol–water partition coefficient (Wildman–Crippen LogP) is 4.90. The first kappa shape index (κ1) is 13.0. The minimum atomic E-state index is 0.558. The van der Waals surface area contributed by atoms with Crippen molar-refractivity contribution < 1.29 is 0 Å². The first-order valence-electron chi connectivity index (χ1n) is 6.15. The molecule has 96 valence electrons. The van der Waals surface area contributed by atoms with Gasteiger partial charge in [-0.05, 0) is 52.9 Å². The number of nitrogens with one attached hydrogen (secondary N) is 1. The van der Waals surface area contributed by atoms with E-state index in [0.717, 1.165) is 25.7 Å². The summed E-state index contributed by atoms with van der Waals surface area (Å²) in [5, 5.41) is 4.50. The Morgan fingerprint density at radius 1 is 1.28 bits per heavy atom. The second kappa shape index (κ2) is 5.55. The quantitative estimate of drug-likeness (QED) is 0.738. The average Bonchev–Trinajstić information content (AvgIpc) is 2.80. The first-order chi connectivity index (χ1) is 8.72. The van der Waals surface area contributed by atoms with Crippen molar-refractivity contribution in [1.82, 2.24) is 0 Å². The highest BCUT2D eigenvalue weighted by atomic mass is 79.9. The van der Waals surface area contributed by atoms with Gasteiger partial charge in [-0.1, -0.05) is 34.1 Å². The lowest BCUT2D eigenvalue weighted by Crippen LogP contribution is -2.25. The van der Waals surface area contributed by atoms with E-state index in [1.54, 1.807) is 0 Å². The second-order valence-electron chi connectivity index (χ2n) is 4.75. The third-order valence-corrected chi connectivity index (χ3v) is 5.73. The molecule has 18 heavy (non-hydrogen) atoms. The number of thioether (sulfide) groups is 1. The zero-order chi connectivity index (χ0) is 12.5. The topological polar surface area (TPSA) is 24.4 Å². The molecule has 2 unspecified atom stereocenters. The highest BCUT2D eigenvalue weighted by Gasteiger charge is 2.31. The van der Waals surface area contributed by atoms with E-state index in [-0.39, 0.29) is 0 Å². The van der Waals surface area contributed by atoms with Gasteiger partial charge in [0.15, 0.2) is 5.17 Å². The lowest BCUT2D eigenvalue weighted by atomic mass is 10.1. The molecule has 5 heteroatoms. The van der Waals surface area contributed by atoms with Crippen molar-refractivity contribution in [2.75, 3.05) is 11.1 Å². The molecule has 3 rings (SSSR count). The van der Waals surface area contributed by atoms with Crippen molar-refractivity contribution >= 4 is 54.5 Å². The molecule has 0 bridgehead atoms. The van der Waals surface area contributed by atoms with Gasteiger partial charge in [-0.2, -0.15) is 0 Å². The Labute approximate surface area is 128 Å². The highest BCUT2D eigenvalue weighted by molar-refractivity contribution is 9.11. The van der Waals surface area contributed by atoms with Crippen LogP contribution in [0.25, 0.3) is 0 Å². The molecule has 1 aromatic carbocycles. The Morgan fingerprint density at radius 2 is 2.17 bits per heavy atom. The van der Waals surface area contributed by atoms with Crippen LogP contribution < -0.4 is 5.32 Å². The van der Waals surface area contributed by atoms with E-state index in [1.807, 2.05) is 17.8 Å². The Bertz CT molecular complexity index is 490. The molecule has 1 N–H and O–H groups in total. The number of nitrogens with zero attached hydrogens (tertiary/aromatic N) is 1. The summed E-state index contributed by atoms with van der Waals surface area (Å²) < 4.78 is 2.14. The molecule has 2 atom stereocenters. The number of fused-ring (bicyclic) bond motifs is 1. The van der Waals surface area contributed by atoms with Gasteiger partial charge in [-0.25, -0.2) is 0 Å². The number of hydrogen-bond donors (Lipinski definition) is 1. The van der Waals surface area contributed by atoms with Crippen LogP contribution in [0.4, 0.5) is 5.69 Å². The summed E-state index contributed by atoms with van der Waals surface area (Å²) in [6.45, 7) is 0. The van der Waals surface area contributed by atoms with Gasteiger partial charge < -0.3 is 5.32 Å². The van der Waals surface area contributed by atoms with Gasteiger partial charge >= 0.3 is 0 Å². The number of amidine groups is 1. The lowest BCUT2D eigenvalue weighted by molar-refractivity contribution is 0.535. The second-order valence-corrected chi connectivity index (χ2v) is 7.53. The summed E-state index contributed by atoms with van der Waals surface area (Å²) in [6.07, 6.45) is 3.96. The molecule has 1 aliphatic carbocycles. The highest BCUT2D eigenvalue weighted by Crippen LogP contribution is 2.36. The normalized spacial score (nSPS) is 26.7. The number of aliphatic imine (C=N–C) groups is 1. The van der Waals surface area contributed by atoms with Crippen molar-refractivity contribution in [2.45, 2.75) is 25.3 Å². The van der Waals surface area contributed by atoms with Crippen LogP contribution in [0.3, 0.4) is 0 Å². The van der Waals surface area contributed by atoms with Gasteiger partial charge in [0.2, 0.25) is 0 Å². The maximum Gasteiger partial charge on any atom is 0.161 e. The van der Waals surface area contributed by atoms with E-state index in [0.29, 0.717) is 6.04 Å². The lowest BCUT2D eigenvalue weighted by Gasteiger charge is -2.23. The Morgan fingerprint density at radius 3 is 3.00 bits per heavy atom. The van der Waals surface area contributed by atoms with Gasteiger partial charge in [-0.15, -0.1) is 0 Å². The summed E-state index contributed by atoms with van der Waals surface area (Å²) >= 11 is 8.89. The third kappa shape index (κ3) is 2.78. The van der Waals surface area contributed by atoms with E-state index >= 15 is 0 Å². The average molecular weight is 390 g/mol. The van der Waals surface area contributed by atoms with Crippen LogP contribution in [-0.4, -0.2) is 17.0 Å². The van der Waals surface area contributed by atoms with E-state index in [1.165, 1.54) is 25.0 Å². The maximum atomic E-state index is 4.84. The largest absolute Gasteiger partial charge is 0.334 e. The standard InChI is InChI=1S/C13H14Br2N2S/c14-9-4-5-12(10(15)6-9)17-13-16-11-3-1-2-8(11)7-18-13/h4-6,8,11H,1-3,7H2,(H,16,17). The molecule has 0 aromatic heterocycles. The van der Waals surface area contributed by atoms with E-state index in [4.69, 9.17) is 4.99 Å². The molecule has 1 aliphatic heterocycles. The number of hydrogen-bond acceptors (Lipinski definition) is 3. The Balaban J connectivity index is 1.76. The van der Waals surface area contributed by atoms with Crippen molar-refractivity contribution in [3.8, 4) is 0 Å². The van der Waals surface area contributed by atoms with Crippen LogP contribution >= 0.6 is 43.6 Å². The fraction of sp³-hybridized carbons (Fsp3) is 0.462. The Hall–Kier alpha value is -0.000000000000000111. The first-order valence-corrected chi connectivity index (χ1v) is 8.72. The third-order valence-electron chi connectivity index (χ3n) is 3.51. The number of rotatable bonds is 1. The van der Waals surface area contributed by atoms with E-state index < -0.39 is 0 Å². The minimum Gasteiger partial charge on any atom is -0.334 e. The van der Waals surface area contributed by atoms with Crippen molar-refractivity contribution in [1.29, 1.82) is 0 Å². The number of benzene rings is 1. The molecule has 1 aromatic rings. The summed E-state index contributed by atoms with van der Waals surface area (Å²) in [5.41, 5.74) is 1.08. The van der Waals surface area contributed by atoms with Crippen molar-refractivity contribution in [3.63, 3.8) is 0 Å². The monoisotopic (exact) mass is 388 g/mol. The SMILES string of the molecule is Brc1ccc(NC2=NC3CCCC3CS2)c(Br)c1. The number of anilines is 1. The molecular formula is C13H14Br2N2S. The van der Waals surface area contributed by atoms with Crippen molar-refractivity contribution in [2.24, 2.45) is 10.9 Å². The molecular weight excluding hydrogens is 376 g/mol. The maximum absolute atomic E-state index is 4.84. The smallest absolute Gasteiger partial charge is 0.161 e. The predicted molar refractivity (Wildman–Crippen MR) is 86.5 cm³/mol. The van der Waals surface area contributed by atoms with Crippen LogP contribution in [0.5, 0.6) is 0 Å². The van der Waals surface area contributed by atoms with Crippen LogP contribution in [0.2, 0.25) is 0 Å². The van der Waals surface area contributed by atoms with Gasteiger partial charge in [0.25, 0.3) is 0 Å². The molecule has 0 spiro atoms. The van der Waals surface area contributed by atoms with E-state index in [2.05, 4.69) is 49.3 Å². The molecule has 2 aliphatic rings. The summed E-state index contributed by atoms with van der Waals surface area (Å²) in [4.78, 5) is 4.84. The zero-order valence-electron chi connectivity index (χ0n) is 9.83. The molecule has 1 saturated carbocycles. The molecule has 1 fully saturated rings. The van der Waals surface area contributed by atoms with Crippen LogP contribution in [-0.2, 0) is 0 Å². The summed E-state index contributed by atoms with van der Waals surface area (Å²) in [6, 6.07) is 6.72. The fourth-order valence-electron chi connectivity index (χ4n) is 2.53. The molecule has 0 radical (unpaired) electrons. The van der Waals surface area contributed by atoms with E-state index in [9.17, 15) is 0 Å². The van der Waals surface area contributed by atoms with Crippen LogP contribution in [0.1, 0.15) is 19.3 Å². The van der Waals surface area contributed by atoms with Crippen LogP contribution in [0.15, 0.2) is 32.1 Å². The minimum absolute atomic E-state index is 0.558.